The molecule has 1 aromatic carbocycles. The van der Waals surface area contributed by atoms with Crippen LogP contribution in [-0.2, 0) is 17.5 Å². The minimum atomic E-state index is -4.39. The Morgan fingerprint density at radius 1 is 1.23 bits per heavy atom. The number of carbonyl (C=O) groups is 1. The van der Waals surface area contributed by atoms with Gasteiger partial charge in [0.1, 0.15) is 0 Å². The van der Waals surface area contributed by atoms with Crippen molar-refractivity contribution in [2.75, 3.05) is 32.8 Å². The van der Waals surface area contributed by atoms with Gasteiger partial charge in [0, 0.05) is 32.2 Å². The van der Waals surface area contributed by atoms with Crippen LogP contribution >= 0.6 is 0 Å². The average molecular weight is 373 g/mol. The maximum atomic E-state index is 12.7. The zero-order valence-electron chi connectivity index (χ0n) is 15.1. The molecule has 0 aliphatic carbocycles. The molecule has 26 heavy (non-hydrogen) atoms. The van der Waals surface area contributed by atoms with Crippen LogP contribution in [-0.4, -0.2) is 49.8 Å². The van der Waals surface area contributed by atoms with Crippen molar-refractivity contribution >= 4 is 6.03 Å². The molecule has 0 radical (unpaired) electrons. The van der Waals surface area contributed by atoms with Gasteiger partial charge < -0.3 is 15.4 Å². The average Bonchev–Trinajstić information content (AvgIpc) is 2.60. The summed E-state index contributed by atoms with van der Waals surface area (Å²) in [5, 5.41) is 5.44. The molecule has 1 fully saturated rings. The maximum absolute atomic E-state index is 12.7. The lowest BCUT2D eigenvalue weighted by Gasteiger charge is -2.36. The predicted octanol–water partition coefficient (Wildman–Crippen LogP) is 2.86. The molecule has 2 amide bonds. The van der Waals surface area contributed by atoms with Crippen molar-refractivity contribution in [1.82, 2.24) is 15.5 Å². The Morgan fingerprint density at radius 3 is 2.54 bits per heavy atom. The molecule has 1 saturated heterocycles. The minimum Gasteiger partial charge on any atom is -0.379 e. The number of hydrogen-bond donors (Lipinski definition) is 2. The first-order valence-corrected chi connectivity index (χ1v) is 8.77. The second-order valence-electron chi connectivity index (χ2n) is 6.72. The third kappa shape index (κ3) is 6.17. The monoisotopic (exact) mass is 373 g/mol. The summed E-state index contributed by atoms with van der Waals surface area (Å²) in [6, 6.07) is 4.76. The van der Waals surface area contributed by atoms with Crippen LogP contribution in [0.4, 0.5) is 18.0 Å². The van der Waals surface area contributed by atoms with Gasteiger partial charge in [-0.05, 0) is 23.6 Å². The number of urea groups is 1. The van der Waals surface area contributed by atoms with E-state index < -0.39 is 11.7 Å². The smallest absolute Gasteiger partial charge is 0.379 e. The summed E-state index contributed by atoms with van der Waals surface area (Å²) in [6.07, 6.45) is -4.39. The summed E-state index contributed by atoms with van der Waals surface area (Å²) < 4.78 is 43.5. The van der Waals surface area contributed by atoms with Gasteiger partial charge in [0.2, 0.25) is 0 Å². The van der Waals surface area contributed by atoms with Crippen LogP contribution in [0.3, 0.4) is 0 Å². The van der Waals surface area contributed by atoms with E-state index in [0.717, 1.165) is 25.2 Å². The van der Waals surface area contributed by atoms with Crippen LogP contribution in [0.25, 0.3) is 0 Å². The van der Waals surface area contributed by atoms with Gasteiger partial charge in [0.25, 0.3) is 0 Å². The summed E-state index contributed by atoms with van der Waals surface area (Å²) in [6.45, 7) is 7.75. The van der Waals surface area contributed by atoms with Crippen LogP contribution in [0.1, 0.15) is 25.0 Å². The number of alkyl halides is 3. The summed E-state index contributed by atoms with van der Waals surface area (Å²) in [5.41, 5.74) is -0.312. The molecule has 5 nitrogen and oxygen atoms in total. The van der Waals surface area contributed by atoms with E-state index in [1.54, 1.807) is 6.07 Å². The van der Waals surface area contributed by atoms with Crippen molar-refractivity contribution in [3.05, 3.63) is 35.4 Å². The number of benzene rings is 1. The highest BCUT2D eigenvalue weighted by Gasteiger charge is 2.30. The van der Waals surface area contributed by atoms with Crippen molar-refractivity contribution in [3.8, 4) is 0 Å². The Bertz CT molecular complexity index is 587. The van der Waals surface area contributed by atoms with Gasteiger partial charge in [-0.2, -0.15) is 13.2 Å². The number of carbonyl (C=O) groups excluding carboxylic acids is 1. The topological polar surface area (TPSA) is 53.6 Å². The van der Waals surface area contributed by atoms with Crippen LogP contribution in [0.5, 0.6) is 0 Å². The molecule has 0 bridgehead atoms. The molecule has 0 aromatic heterocycles. The zero-order valence-corrected chi connectivity index (χ0v) is 15.1. The molecule has 2 N–H and O–H groups in total. The molecule has 8 heteroatoms. The van der Waals surface area contributed by atoms with E-state index >= 15 is 0 Å². The number of amides is 2. The molecule has 1 aliphatic rings. The van der Waals surface area contributed by atoms with Crippen LogP contribution in [0.15, 0.2) is 24.3 Å². The van der Waals surface area contributed by atoms with Gasteiger partial charge in [0.05, 0.1) is 18.8 Å². The highest BCUT2D eigenvalue weighted by atomic mass is 19.4. The first-order valence-electron chi connectivity index (χ1n) is 8.77. The molecule has 1 heterocycles. The molecule has 1 atom stereocenters. The fourth-order valence-corrected chi connectivity index (χ4v) is 3.00. The lowest BCUT2D eigenvalue weighted by atomic mass is 10.0. The molecule has 0 saturated carbocycles. The minimum absolute atomic E-state index is 0.0413. The van der Waals surface area contributed by atoms with E-state index in [1.165, 1.54) is 6.07 Å². The summed E-state index contributed by atoms with van der Waals surface area (Å²) in [4.78, 5) is 14.3. The van der Waals surface area contributed by atoms with Crippen molar-refractivity contribution in [3.63, 3.8) is 0 Å². The van der Waals surface area contributed by atoms with Gasteiger partial charge in [-0.15, -0.1) is 0 Å². The van der Waals surface area contributed by atoms with Crippen molar-refractivity contribution in [1.29, 1.82) is 0 Å². The summed E-state index contributed by atoms with van der Waals surface area (Å²) >= 11 is 0. The molecule has 0 spiro atoms. The number of halogens is 3. The van der Waals surface area contributed by atoms with Crippen LogP contribution < -0.4 is 10.6 Å². The number of hydrogen-bond acceptors (Lipinski definition) is 3. The zero-order chi connectivity index (χ0) is 19.2. The summed E-state index contributed by atoms with van der Waals surface area (Å²) in [7, 11) is 0. The number of rotatable bonds is 6. The summed E-state index contributed by atoms with van der Waals surface area (Å²) in [5.74, 6) is 0.358. The first kappa shape index (κ1) is 20.5. The van der Waals surface area contributed by atoms with E-state index in [0.29, 0.717) is 31.2 Å². The van der Waals surface area contributed by atoms with E-state index in [2.05, 4.69) is 29.4 Å². The van der Waals surface area contributed by atoms with Gasteiger partial charge in [-0.25, -0.2) is 4.79 Å². The third-order valence-electron chi connectivity index (χ3n) is 4.46. The molecule has 2 rings (SSSR count). The SMILES string of the molecule is CC(C)C(CNC(=O)NCc1cccc(C(F)(F)F)c1)N1CCOCC1. The van der Waals surface area contributed by atoms with Gasteiger partial charge in [-0.1, -0.05) is 26.0 Å². The Balaban J connectivity index is 1.82. The molecular formula is C18H26F3N3O2. The van der Waals surface area contributed by atoms with Crippen LogP contribution in [0.2, 0.25) is 0 Å². The normalized spacial score (nSPS) is 17.2. The second kappa shape index (κ2) is 9.23. The largest absolute Gasteiger partial charge is 0.416 e. The fourth-order valence-electron chi connectivity index (χ4n) is 3.00. The lowest BCUT2D eigenvalue weighted by molar-refractivity contribution is -0.137. The lowest BCUT2D eigenvalue weighted by Crippen LogP contribution is -2.52. The Labute approximate surface area is 151 Å². The highest BCUT2D eigenvalue weighted by molar-refractivity contribution is 5.73. The van der Waals surface area contributed by atoms with E-state index in [9.17, 15) is 18.0 Å². The Hall–Kier alpha value is -1.80. The molecule has 1 aromatic rings. The highest BCUT2D eigenvalue weighted by Crippen LogP contribution is 2.29. The molecule has 146 valence electrons. The molecule has 1 aliphatic heterocycles. The molecular weight excluding hydrogens is 347 g/mol. The van der Waals surface area contributed by atoms with E-state index in [-0.39, 0.29) is 18.6 Å². The van der Waals surface area contributed by atoms with Gasteiger partial charge in [-0.3, -0.25) is 4.90 Å². The number of morpholine rings is 1. The first-order chi connectivity index (χ1) is 12.3. The Morgan fingerprint density at radius 2 is 1.92 bits per heavy atom. The number of nitrogens with one attached hydrogen (secondary N) is 2. The Kier molecular flexibility index (Phi) is 7.28. The molecule has 1 unspecified atom stereocenters. The van der Waals surface area contributed by atoms with E-state index in [1.807, 2.05) is 0 Å². The third-order valence-corrected chi connectivity index (χ3v) is 4.46. The van der Waals surface area contributed by atoms with Crippen molar-refractivity contribution in [2.45, 2.75) is 32.6 Å². The number of ether oxygens (including phenoxy) is 1. The standard InChI is InChI=1S/C18H26F3N3O2/c1-13(2)16(24-6-8-26-9-7-24)12-23-17(25)22-11-14-4-3-5-15(10-14)18(19,20)21/h3-5,10,13,16H,6-9,11-12H2,1-2H3,(H2,22,23,25). The van der Waals surface area contributed by atoms with Crippen molar-refractivity contribution in [2.24, 2.45) is 5.92 Å². The van der Waals surface area contributed by atoms with Gasteiger partial charge in [0.15, 0.2) is 0 Å². The second-order valence-corrected chi connectivity index (χ2v) is 6.72. The van der Waals surface area contributed by atoms with Crippen molar-refractivity contribution < 1.29 is 22.7 Å². The quantitative estimate of drug-likeness (QED) is 0.806. The van der Waals surface area contributed by atoms with Gasteiger partial charge >= 0.3 is 12.2 Å². The number of nitrogens with zero attached hydrogens (tertiary/aromatic N) is 1. The maximum Gasteiger partial charge on any atom is 0.416 e. The fraction of sp³-hybridized carbons (Fsp3) is 0.611. The van der Waals surface area contributed by atoms with Crippen LogP contribution in [0, 0.1) is 5.92 Å². The van der Waals surface area contributed by atoms with E-state index in [4.69, 9.17) is 4.74 Å². The predicted molar refractivity (Wildman–Crippen MR) is 92.7 cm³/mol.